The van der Waals surface area contributed by atoms with Crippen LogP contribution in [0.2, 0.25) is 0 Å². The van der Waals surface area contributed by atoms with Crippen LogP contribution in [-0.4, -0.2) is 37.8 Å². The largest absolute Gasteiger partial charge is 0.310 e. The Bertz CT molecular complexity index is 473. The van der Waals surface area contributed by atoms with Gasteiger partial charge in [-0.15, -0.1) is 0 Å². The molecule has 0 aromatic heterocycles. The lowest BCUT2D eigenvalue weighted by atomic mass is 9.76. The van der Waals surface area contributed by atoms with Crippen molar-refractivity contribution < 1.29 is 13.2 Å². The molecule has 0 aromatic carbocycles. The number of fused-ring (bicyclic) bond motifs is 2. The molecule has 1 N–H and O–H groups in total. The van der Waals surface area contributed by atoms with E-state index in [1.807, 2.05) is 0 Å². The summed E-state index contributed by atoms with van der Waals surface area (Å²) < 4.78 is 23.4. The van der Waals surface area contributed by atoms with Crippen LogP contribution in [0.15, 0.2) is 0 Å². The molecule has 3 rings (SSSR count). The molecular weight excluding hydrogens is 262 g/mol. The molecule has 0 radical (unpaired) electrons. The summed E-state index contributed by atoms with van der Waals surface area (Å²) in [7, 11) is -2.99. The number of Topliss-reactive ketones (excluding diaryl/α,β-unsaturated/α-hetero) is 1. The molecule has 2 bridgehead atoms. The second-order valence-electron chi connectivity index (χ2n) is 6.61. The molecule has 19 heavy (non-hydrogen) atoms. The second-order valence-corrected chi connectivity index (χ2v) is 8.93. The van der Waals surface area contributed by atoms with E-state index in [9.17, 15) is 13.2 Å². The van der Waals surface area contributed by atoms with Gasteiger partial charge in [0, 0.05) is 30.2 Å². The zero-order chi connectivity index (χ0) is 13.6. The van der Waals surface area contributed by atoms with Gasteiger partial charge in [0.15, 0.2) is 0 Å². The van der Waals surface area contributed by atoms with E-state index in [-0.39, 0.29) is 17.1 Å². The van der Waals surface area contributed by atoms with Gasteiger partial charge >= 0.3 is 0 Å². The molecule has 3 fully saturated rings. The molecule has 3 aliphatic rings. The third-order valence-corrected chi connectivity index (χ3v) is 6.94. The van der Waals surface area contributed by atoms with E-state index in [0.717, 1.165) is 32.1 Å². The highest BCUT2D eigenvalue weighted by atomic mass is 32.2. The molecule has 1 aliphatic carbocycles. The number of hydrogen-bond acceptors (Lipinski definition) is 4. The first-order valence-corrected chi connectivity index (χ1v) is 9.39. The number of rotatable bonds is 3. The van der Waals surface area contributed by atoms with Crippen LogP contribution >= 0.6 is 0 Å². The van der Waals surface area contributed by atoms with Crippen molar-refractivity contribution in [3.63, 3.8) is 0 Å². The van der Waals surface area contributed by atoms with Gasteiger partial charge in [0.1, 0.15) is 15.6 Å². The summed E-state index contributed by atoms with van der Waals surface area (Å²) in [5.74, 6) is 0.481. The smallest absolute Gasteiger partial charge is 0.150 e. The van der Waals surface area contributed by atoms with E-state index in [4.69, 9.17) is 0 Å². The van der Waals surface area contributed by atoms with Crippen molar-refractivity contribution >= 4 is 15.6 Å². The summed E-state index contributed by atoms with van der Waals surface area (Å²) >= 11 is 0. The van der Waals surface area contributed by atoms with Crippen molar-refractivity contribution in [1.29, 1.82) is 0 Å². The minimum atomic E-state index is -2.99. The molecule has 0 spiro atoms. The highest BCUT2D eigenvalue weighted by Crippen LogP contribution is 2.38. The first-order chi connectivity index (χ1) is 8.95. The summed E-state index contributed by atoms with van der Waals surface area (Å²) in [5, 5.41) is 3.21. The van der Waals surface area contributed by atoms with E-state index in [0.29, 0.717) is 24.3 Å². The fourth-order valence-electron chi connectivity index (χ4n) is 4.23. The molecule has 5 heteroatoms. The Morgan fingerprint density at radius 1 is 1.11 bits per heavy atom. The van der Waals surface area contributed by atoms with Crippen molar-refractivity contribution in [1.82, 2.24) is 5.32 Å². The molecule has 2 aliphatic heterocycles. The van der Waals surface area contributed by atoms with Crippen LogP contribution in [0.1, 0.15) is 44.9 Å². The lowest BCUT2D eigenvalue weighted by Gasteiger charge is -2.30. The molecule has 1 saturated carbocycles. The first kappa shape index (κ1) is 13.6. The van der Waals surface area contributed by atoms with Crippen LogP contribution < -0.4 is 5.32 Å². The summed E-state index contributed by atoms with van der Waals surface area (Å²) in [5.41, 5.74) is 0. The van der Waals surface area contributed by atoms with Crippen molar-refractivity contribution in [2.75, 3.05) is 6.26 Å². The Hall–Kier alpha value is -0.420. The molecule has 2 saturated heterocycles. The van der Waals surface area contributed by atoms with Gasteiger partial charge < -0.3 is 5.32 Å². The number of hydrogen-bond donors (Lipinski definition) is 1. The maximum Gasteiger partial charge on any atom is 0.150 e. The summed E-state index contributed by atoms with van der Waals surface area (Å²) in [6.07, 6.45) is 7.66. The number of carbonyl (C=O) groups excluding carboxylic acids is 1. The maximum absolute atomic E-state index is 12.6. The third-order valence-electron chi connectivity index (χ3n) is 5.30. The Kier molecular flexibility index (Phi) is 3.46. The summed E-state index contributed by atoms with van der Waals surface area (Å²) in [6, 6.07) is 0.907. The zero-order valence-electron chi connectivity index (χ0n) is 11.5. The van der Waals surface area contributed by atoms with E-state index in [1.54, 1.807) is 0 Å². The van der Waals surface area contributed by atoms with Gasteiger partial charge in [-0.25, -0.2) is 8.42 Å². The SMILES string of the molecule is CS(=O)(=O)C1CCCC(C(=O)C2CC3CCC2N3)C1. The number of carbonyl (C=O) groups is 1. The van der Waals surface area contributed by atoms with E-state index in [2.05, 4.69) is 5.32 Å². The fourth-order valence-corrected chi connectivity index (χ4v) is 5.41. The second kappa shape index (κ2) is 4.85. The van der Waals surface area contributed by atoms with Gasteiger partial charge in [-0.3, -0.25) is 4.79 Å². The highest BCUT2D eigenvalue weighted by molar-refractivity contribution is 7.91. The molecule has 4 nitrogen and oxygen atoms in total. The summed E-state index contributed by atoms with van der Waals surface area (Å²) in [4.78, 5) is 12.6. The van der Waals surface area contributed by atoms with Crippen LogP contribution in [-0.2, 0) is 14.6 Å². The standard InChI is InChI=1S/C14H23NO3S/c1-19(17,18)11-4-2-3-9(7-11)14(16)12-8-10-5-6-13(12)15-10/h9-13,15H,2-8H2,1H3. The van der Waals surface area contributed by atoms with E-state index >= 15 is 0 Å². The van der Waals surface area contributed by atoms with Crippen LogP contribution in [0, 0.1) is 11.8 Å². The predicted molar refractivity (Wildman–Crippen MR) is 73.6 cm³/mol. The van der Waals surface area contributed by atoms with Crippen LogP contribution in [0.25, 0.3) is 0 Å². The zero-order valence-corrected chi connectivity index (χ0v) is 12.3. The molecule has 0 amide bonds. The van der Waals surface area contributed by atoms with Gasteiger partial charge in [-0.1, -0.05) is 6.42 Å². The number of nitrogens with one attached hydrogen (secondary N) is 1. The Balaban J connectivity index is 1.67. The molecular formula is C14H23NO3S. The average molecular weight is 285 g/mol. The molecule has 108 valence electrons. The lowest BCUT2D eigenvalue weighted by Crippen LogP contribution is -2.37. The van der Waals surface area contributed by atoms with Crippen molar-refractivity contribution in [2.24, 2.45) is 11.8 Å². The first-order valence-electron chi connectivity index (χ1n) is 7.44. The minimum Gasteiger partial charge on any atom is -0.310 e. The predicted octanol–water partition coefficient (Wildman–Crippen LogP) is 1.30. The molecule has 2 heterocycles. The Morgan fingerprint density at radius 2 is 1.89 bits per heavy atom. The highest BCUT2D eigenvalue weighted by Gasteiger charge is 2.45. The van der Waals surface area contributed by atoms with Gasteiger partial charge in [0.25, 0.3) is 0 Å². The minimum absolute atomic E-state index is 0.0142. The number of ketones is 1. The van der Waals surface area contributed by atoms with Gasteiger partial charge in [0.2, 0.25) is 0 Å². The van der Waals surface area contributed by atoms with E-state index in [1.165, 1.54) is 12.7 Å². The number of sulfone groups is 1. The van der Waals surface area contributed by atoms with Crippen LogP contribution in [0.4, 0.5) is 0 Å². The summed E-state index contributed by atoms with van der Waals surface area (Å²) in [6.45, 7) is 0. The van der Waals surface area contributed by atoms with Crippen molar-refractivity contribution in [2.45, 2.75) is 62.3 Å². The Labute approximate surface area is 115 Å². The van der Waals surface area contributed by atoms with Gasteiger partial charge in [0.05, 0.1) is 5.25 Å². The normalized spacial score (nSPS) is 42.5. The molecule has 5 atom stereocenters. The average Bonchev–Trinajstić information content (AvgIpc) is 2.99. The maximum atomic E-state index is 12.6. The monoisotopic (exact) mass is 285 g/mol. The Morgan fingerprint density at radius 3 is 2.47 bits per heavy atom. The van der Waals surface area contributed by atoms with Crippen molar-refractivity contribution in [3.8, 4) is 0 Å². The van der Waals surface area contributed by atoms with Crippen LogP contribution in [0.3, 0.4) is 0 Å². The molecule has 0 aromatic rings. The third kappa shape index (κ3) is 2.59. The van der Waals surface area contributed by atoms with Crippen LogP contribution in [0.5, 0.6) is 0 Å². The lowest BCUT2D eigenvalue weighted by molar-refractivity contribution is -0.128. The van der Waals surface area contributed by atoms with Gasteiger partial charge in [-0.2, -0.15) is 0 Å². The topological polar surface area (TPSA) is 63.2 Å². The van der Waals surface area contributed by atoms with Gasteiger partial charge in [-0.05, 0) is 38.5 Å². The van der Waals surface area contributed by atoms with E-state index < -0.39 is 9.84 Å². The van der Waals surface area contributed by atoms with Crippen molar-refractivity contribution in [3.05, 3.63) is 0 Å². The molecule has 5 unspecified atom stereocenters. The quantitative estimate of drug-likeness (QED) is 0.849. The fraction of sp³-hybridized carbons (Fsp3) is 0.929.